The van der Waals surface area contributed by atoms with Crippen LogP contribution in [0.25, 0.3) is 0 Å². The molecule has 1 N–H and O–H groups in total. The lowest BCUT2D eigenvalue weighted by Gasteiger charge is -2.29. The number of aliphatic hydroxyl groups is 1. The minimum Gasteiger partial charge on any atom is -0.396 e. The summed E-state index contributed by atoms with van der Waals surface area (Å²) in [5, 5.41) is 9.09. The van der Waals surface area contributed by atoms with Crippen LogP contribution in [0.15, 0.2) is 0 Å². The van der Waals surface area contributed by atoms with E-state index < -0.39 is 10.1 Å². The molecule has 0 aromatic heterocycles. The zero-order valence-corrected chi connectivity index (χ0v) is 9.29. The van der Waals surface area contributed by atoms with Crippen molar-refractivity contribution in [1.82, 2.24) is 0 Å². The van der Waals surface area contributed by atoms with E-state index in [0.717, 1.165) is 31.9 Å². The van der Waals surface area contributed by atoms with Crippen LogP contribution in [0, 0.1) is 11.8 Å². The van der Waals surface area contributed by atoms with Crippen molar-refractivity contribution < 1.29 is 17.7 Å². The molecule has 14 heavy (non-hydrogen) atoms. The number of hydrogen-bond donors (Lipinski definition) is 1. The van der Waals surface area contributed by atoms with Crippen molar-refractivity contribution in [2.24, 2.45) is 11.8 Å². The Bertz CT molecular complexity index is 260. The Morgan fingerprint density at radius 3 is 2.36 bits per heavy atom. The predicted octanol–water partition coefficient (Wildman–Crippen LogP) is 0.761. The second-order valence-electron chi connectivity index (χ2n) is 3.98. The van der Waals surface area contributed by atoms with Gasteiger partial charge in [-0.2, -0.15) is 8.42 Å². The standard InChI is InChI=1S/C9H18O4S/c1-14(11,12)13-7-9-5-3-2-4-8(9)6-10/h8-10H,2-7H2,1H3/t8-,9-/m1/s1. The average molecular weight is 222 g/mol. The van der Waals surface area contributed by atoms with Gasteiger partial charge in [0.2, 0.25) is 0 Å². The molecule has 2 atom stereocenters. The smallest absolute Gasteiger partial charge is 0.264 e. The van der Waals surface area contributed by atoms with Gasteiger partial charge in [0, 0.05) is 6.61 Å². The first kappa shape index (κ1) is 11.9. The summed E-state index contributed by atoms with van der Waals surface area (Å²) in [6.07, 6.45) is 5.23. The highest BCUT2D eigenvalue weighted by molar-refractivity contribution is 7.85. The van der Waals surface area contributed by atoms with Gasteiger partial charge < -0.3 is 5.11 Å². The largest absolute Gasteiger partial charge is 0.396 e. The molecule has 0 spiro atoms. The second-order valence-corrected chi connectivity index (χ2v) is 5.62. The number of hydrogen-bond acceptors (Lipinski definition) is 4. The van der Waals surface area contributed by atoms with Crippen LogP contribution in [0.2, 0.25) is 0 Å². The summed E-state index contributed by atoms with van der Waals surface area (Å²) in [5.41, 5.74) is 0. The normalized spacial score (nSPS) is 29.0. The van der Waals surface area contributed by atoms with Crippen molar-refractivity contribution >= 4 is 10.1 Å². The first-order valence-corrected chi connectivity index (χ1v) is 6.80. The van der Waals surface area contributed by atoms with Crippen LogP contribution in [-0.2, 0) is 14.3 Å². The number of rotatable bonds is 4. The minimum atomic E-state index is -3.34. The molecule has 1 saturated carbocycles. The lowest BCUT2D eigenvalue weighted by atomic mass is 9.80. The van der Waals surface area contributed by atoms with Gasteiger partial charge in [-0.15, -0.1) is 0 Å². The first-order chi connectivity index (χ1) is 6.53. The molecule has 4 nitrogen and oxygen atoms in total. The van der Waals surface area contributed by atoms with E-state index in [1.54, 1.807) is 0 Å². The van der Waals surface area contributed by atoms with Crippen molar-refractivity contribution in [3.05, 3.63) is 0 Å². The van der Waals surface area contributed by atoms with Gasteiger partial charge in [0.15, 0.2) is 0 Å². The SMILES string of the molecule is CS(=O)(=O)OC[C@H]1CCCC[C@@H]1CO. The summed E-state index contributed by atoms with van der Waals surface area (Å²) in [4.78, 5) is 0. The highest BCUT2D eigenvalue weighted by atomic mass is 32.2. The maximum absolute atomic E-state index is 10.8. The Morgan fingerprint density at radius 2 is 1.86 bits per heavy atom. The van der Waals surface area contributed by atoms with Crippen LogP contribution >= 0.6 is 0 Å². The Labute approximate surface area is 85.4 Å². The van der Waals surface area contributed by atoms with Crippen molar-refractivity contribution in [3.63, 3.8) is 0 Å². The van der Waals surface area contributed by atoms with Crippen LogP contribution in [-0.4, -0.2) is 33.0 Å². The van der Waals surface area contributed by atoms with Crippen molar-refractivity contribution in [3.8, 4) is 0 Å². The third-order valence-electron chi connectivity index (χ3n) is 2.80. The fraction of sp³-hybridized carbons (Fsp3) is 1.00. The van der Waals surface area contributed by atoms with Gasteiger partial charge in [0.1, 0.15) is 0 Å². The van der Waals surface area contributed by atoms with Crippen LogP contribution in [0.4, 0.5) is 0 Å². The zero-order chi connectivity index (χ0) is 10.6. The second kappa shape index (κ2) is 5.09. The Hall–Kier alpha value is -0.130. The van der Waals surface area contributed by atoms with E-state index in [4.69, 9.17) is 9.29 Å². The van der Waals surface area contributed by atoms with E-state index in [0.29, 0.717) is 0 Å². The summed E-state index contributed by atoms with van der Waals surface area (Å²) >= 11 is 0. The Morgan fingerprint density at radius 1 is 1.29 bits per heavy atom. The van der Waals surface area contributed by atoms with E-state index in [1.807, 2.05) is 0 Å². The predicted molar refractivity (Wildman–Crippen MR) is 53.3 cm³/mol. The topological polar surface area (TPSA) is 63.6 Å². The molecule has 0 aromatic carbocycles. The van der Waals surface area contributed by atoms with Crippen LogP contribution < -0.4 is 0 Å². The average Bonchev–Trinajstić information content (AvgIpc) is 2.14. The highest BCUT2D eigenvalue weighted by Crippen LogP contribution is 2.29. The highest BCUT2D eigenvalue weighted by Gasteiger charge is 2.25. The molecule has 0 radical (unpaired) electrons. The summed E-state index contributed by atoms with van der Waals surface area (Å²) in [6, 6.07) is 0. The third-order valence-corrected chi connectivity index (χ3v) is 3.36. The summed E-state index contributed by atoms with van der Waals surface area (Å²) in [5.74, 6) is 0.411. The maximum Gasteiger partial charge on any atom is 0.264 e. The zero-order valence-electron chi connectivity index (χ0n) is 8.48. The van der Waals surface area contributed by atoms with Crippen molar-refractivity contribution in [2.45, 2.75) is 25.7 Å². The molecular weight excluding hydrogens is 204 g/mol. The lowest BCUT2D eigenvalue weighted by Crippen LogP contribution is -2.27. The fourth-order valence-corrected chi connectivity index (χ4v) is 2.38. The molecule has 1 fully saturated rings. The summed E-state index contributed by atoms with van der Waals surface area (Å²) in [7, 11) is -3.34. The molecule has 0 aliphatic heterocycles. The molecule has 0 saturated heterocycles. The summed E-state index contributed by atoms with van der Waals surface area (Å²) in [6.45, 7) is 0.363. The van der Waals surface area contributed by atoms with Gasteiger partial charge in [0.05, 0.1) is 12.9 Å². The van der Waals surface area contributed by atoms with Crippen molar-refractivity contribution in [1.29, 1.82) is 0 Å². The fourth-order valence-electron chi connectivity index (χ4n) is 1.96. The maximum atomic E-state index is 10.8. The minimum absolute atomic E-state index is 0.137. The molecule has 1 aliphatic carbocycles. The van der Waals surface area contributed by atoms with Gasteiger partial charge in [-0.3, -0.25) is 4.18 Å². The molecule has 0 heterocycles. The Balaban J connectivity index is 2.41. The van der Waals surface area contributed by atoms with Gasteiger partial charge >= 0.3 is 0 Å². The van der Waals surface area contributed by atoms with E-state index in [9.17, 15) is 8.42 Å². The molecule has 0 aromatic rings. The van der Waals surface area contributed by atoms with Crippen LogP contribution in [0.1, 0.15) is 25.7 Å². The molecule has 0 amide bonds. The molecule has 0 bridgehead atoms. The van der Waals surface area contributed by atoms with Crippen molar-refractivity contribution in [2.75, 3.05) is 19.5 Å². The van der Waals surface area contributed by atoms with Crippen LogP contribution in [0.5, 0.6) is 0 Å². The molecule has 1 rings (SSSR count). The van der Waals surface area contributed by atoms with Gasteiger partial charge in [0.25, 0.3) is 10.1 Å². The van der Waals surface area contributed by atoms with Crippen LogP contribution in [0.3, 0.4) is 0 Å². The van der Waals surface area contributed by atoms with Gasteiger partial charge in [-0.25, -0.2) is 0 Å². The molecular formula is C9H18O4S. The molecule has 5 heteroatoms. The van der Waals surface area contributed by atoms with E-state index in [-0.39, 0.29) is 25.0 Å². The quantitative estimate of drug-likeness (QED) is 0.713. The lowest BCUT2D eigenvalue weighted by molar-refractivity contribution is 0.0981. The summed E-state index contributed by atoms with van der Waals surface area (Å²) < 4.78 is 26.3. The van der Waals surface area contributed by atoms with E-state index in [1.165, 1.54) is 0 Å². The van der Waals surface area contributed by atoms with Gasteiger partial charge in [-0.05, 0) is 24.7 Å². The first-order valence-electron chi connectivity index (χ1n) is 4.98. The van der Waals surface area contributed by atoms with E-state index in [2.05, 4.69) is 0 Å². The third kappa shape index (κ3) is 3.94. The molecule has 84 valence electrons. The Kier molecular flexibility index (Phi) is 4.34. The number of aliphatic hydroxyl groups excluding tert-OH is 1. The van der Waals surface area contributed by atoms with E-state index >= 15 is 0 Å². The monoisotopic (exact) mass is 222 g/mol. The van der Waals surface area contributed by atoms with Gasteiger partial charge in [-0.1, -0.05) is 12.8 Å². The molecule has 1 aliphatic rings. The molecule has 0 unspecified atom stereocenters.